The first-order valence-corrected chi connectivity index (χ1v) is 6.25. The summed E-state index contributed by atoms with van der Waals surface area (Å²) in [5, 5.41) is 12.1. The molecule has 1 unspecified atom stereocenters. The zero-order valence-corrected chi connectivity index (χ0v) is 10.3. The quantitative estimate of drug-likeness (QED) is 0.683. The van der Waals surface area contributed by atoms with Crippen LogP contribution in [-0.2, 0) is 4.79 Å². The van der Waals surface area contributed by atoms with Crippen LogP contribution in [0.15, 0.2) is 11.6 Å². The minimum atomic E-state index is -0.743. The number of carbonyl (C=O) groups is 1. The van der Waals surface area contributed by atoms with Gasteiger partial charge in [-0.3, -0.25) is 4.79 Å². The number of carboxylic acids is 1. The van der Waals surface area contributed by atoms with Crippen molar-refractivity contribution in [3.63, 3.8) is 0 Å². The molecule has 0 saturated carbocycles. The molecule has 3 nitrogen and oxygen atoms in total. The Morgan fingerprint density at radius 2 is 2.25 bits per heavy atom. The van der Waals surface area contributed by atoms with Crippen molar-refractivity contribution in [2.75, 3.05) is 6.54 Å². The highest BCUT2D eigenvalue weighted by Gasteiger charge is 2.20. The maximum Gasteiger partial charge on any atom is 0.320 e. The fourth-order valence-electron chi connectivity index (χ4n) is 2.13. The van der Waals surface area contributed by atoms with Crippen molar-refractivity contribution in [1.82, 2.24) is 5.32 Å². The highest BCUT2D eigenvalue weighted by atomic mass is 16.4. The van der Waals surface area contributed by atoms with Crippen molar-refractivity contribution in [2.24, 2.45) is 5.92 Å². The Morgan fingerprint density at radius 3 is 2.75 bits per heavy atom. The van der Waals surface area contributed by atoms with E-state index in [9.17, 15) is 4.79 Å². The third-order valence-corrected chi connectivity index (χ3v) is 3.13. The van der Waals surface area contributed by atoms with Crippen LogP contribution in [0.1, 0.15) is 46.0 Å². The molecule has 92 valence electrons. The van der Waals surface area contributed by atoms with Crippen LogP contribution in [0.4, 0.5) is 0 Å². The lowest BCUT2D eigenvalue weighted by Crippen LogP contribution is -2.41. The molecule has 0 spiro atoms. The summed E-state index contributed by atoms with van der Waals surface area (Å²) < 4.78 is 0. The van der Waals surface area contributed by atoms with Crippen LogP contribution >= 0.6 is 0 Å². The normalized spacial score (nSPS) is 18.3. The lowest BCUT2D eigenvalue weighted by Gasteiger charge is -2.19. The van der Waals surface area contributed by atoms with Crippen molar-refractivity contribution in [3.8, 4) is 0 Å². The van der Waals surface area contributed by atoms with E-state index in [0.717, 1.165) is 13.0 Å². The molecular weight excluding hydrogens is 202 g/mol. The molecule has 2 N–H and O–H groups in total. The Bertz CT molecular complexity index is 259. The second-order valence-corrected chi connectivity index (χ2v) is 4.87. The van der Waals surface area contributed by atoms with Crippen molar-refractivity contribution in [2.45, 2.75) is 52.0 Å². The second-order valence-electron chi connectivity index (χ2n) is 4.87. The molecule has 16 heavy (non-hydrogen) atoms. The Hall–Kier alpha value is -0.830. The zero-order valence-electron chi connectivity index (χ0n) is 10.3. The fraction of sp³-hybridized carbons (Fsp3) is 0.769. The number of hydrogen-bond acceptors (Lipinski definition) is 2. The summed E-state index contributed by atoms with van der Waals surface area (Å²) in [4.78, 5) is 10.9. The molecule has 0 aliphatic heterocycles. The van der Waals surface area contributed by atoms with Crippen molar-refractivity contribution < 1.29 is 9.90 Å². The average Bonchev–Trinajstić information content (AvgIpc) is 2.24. The number of nitrogens with one attached hydrogen (secondary N) is 1. The summed E-state index contributed by atoms with van der Waals surface area (Å²) in [6.07, 6.45) is 8.30. The SMILES string of the molecule is CC(C)C(NCCC1=CCCCC1)C(=O)O. The molecule has 0 aromatic heterocycles. The van der Waals surface area contributed by atoms with Gasteiger partial charge in [-0.15, -0.1) is 0 Å². The van der Waals surface area contributed by atoms with Gasteiger partial charge in [-0.25, -0.2) is 0 Å². The predicted molar refractivity (Wildman–Crippen MR) is 65.4 cm³/mol. The van der Waals surface area contributed by atoms with E-state index in [-0.39, 0.29) is 5.92 Å². The molecule has 0 heterocycles. The smallest absolute Gasteiger partial charge is 0.320 e. The summed E-state index contributed by atoms with van der Waals surface area (Å²) in [6, 6.07) is -0.413. The van der Waals surface area contributed by atoms with E-state index in [1.807, 2.05) is 13.8 Å². The van der Waals surface area contributed by atoms with Crippen LogP contribution in [-0.4, -0.2) is 23.7 Å². The van der Waals surface area contributed by atoms with E-state index in [1.54, 1.807) is 0 Å². The van der Waals surface area contributed by atoms with Crippen LogP contribution in [0.25, 0.3) is 0 Å². The van der Waals surface area contributed by atoms with E-state index < -0.39 is 12.0 Å². The van der Waals surface area contributed by atoms with Crippen molar-refractivity contribution in [1.29, 1.82) is 0 Å². The van der Waals surface area contributed by atoms with Gasteiger partial charge in [-0.2, -0.15) is 0 Å². The molecule has 0 fully saturated rings. The van der Waals surface area contributed by atoms with Gasteiger partial charge in [-0.05, 0) is 44.6 Å². The average molecular weight is 225 g/mol. The minimum absolute atomic E-state index is 0.137. The number of carboxylic acid groups (broad SMARTS) is 1. The first kappa shape index (κ1) is 13.2. The van der Waals surface area contributed by atoms with E-state index in [4.69, 9.17) is 5.11 Å². The van der Waals surface area contributed by atoms with Gasteiger partial charge < -0.3 is 10.4 Å². The van der Waals surface area contributed by atoms with Crippen LogP contribution < -0.4 is 5.32 Å². The van der Waals surface area contributed by atoms with Gasteiger partial charge >= 0.3 is 5.97 Å². The van der Waals surface area contributed by atoms with Crippen LogP contribution in [0, 0.1) is 5.92 Å². The van der Waals surface area contributed by atoms with Crippen LogP contribution in [0.2, 0.25) is 0 Å². The van der Waals surface area contributed by atoms with Crippen molar-refractivity contribution >= 4 is 5.97 Å². The standard InChI is InChI=1S/C13H23NO2/c1-10(2)12(13(15)16)14-9-8-11-6-4-3-5-7-11/h6,10,12,14H,3-5,7-9H2,1-2H3,(H,15,16). The van der Waals surface area contributed by atoms with Gasteiger partial charge in [0.2, 0.25) is 0 Å². The number of aliphatic carboxylic acids is 1. The minimum Gasteiger partial charge on any atom is -0.480 e. The highest BCUT2D eigenvalue weighted by Crippen LogP contribution is 2.19. The molecule has 0 saturated heterocycles. The number of rotatable bonds is 6. The fourth-order valence-corrected chi connectivity index (χ4v) is 2.13. The van der Waals surface area contributed by atoms with Gasteiger partial charge in [0.25, 0.3) is 0 Å². The Kier molecular flexibility index (Phi) is 5.53. The summed E-state index contributed by atoms with van der Waals surface area (Å²) in [5.74, 6) is -0.606. The monoisotopic (exact) mass is 225 g/mol. The maximum atomic E-state index is 10.9. The molecule has 1 aliphatic carbocycles. The van der Waals surface area contributed by atoms with E-state index in [0.29, 0.717) is 0 Å². The summed E-state index contributed by atoms with van der Waals surface area (Å²) >= 11 is 0. The Balaban J connectivity index is 2.27. The van der Waals surface area contributed by atoms with Crippen LogP contribution in [0.5, 0.6) is 0 Å². The summed E-state index contributed by atoms with van der Waals surface area (Å²) in [5.41, 5.74) is 1.49. The number of allylic oxidation sites excluding steroid dienone is 1. The summed E-state index contributed by atoms with van der Waals surface area (Å²) in [7, 11) is 0. The molecule has 0 bridgehead atoms. The van der Waals surface area contributed by atoms with Gasteiger partial charge in [-0.1, -0.05) is 25.5 Å². The largest absolute Gasteiger partial charge is 0.480 e. The topological polar surface area (TPSA) is 49.3 Å². The zero-order chi connectivity index (χ0) is 12.0. The lowest BCUT2D eigenvalue weighted by atomic mass is 9.97. The molecule has 0 radical (unpaired) electrons. The molecule has 3 heteroatoms. The number of hydrogen-bond donors (Lipinski definition) is 2. The van der Waals surface area contributed by atoms with Gasteiger partial charge in [0.05, 0.1) is 0 Å². The first-order valence-electron chi connectivity index (χ1n) is 6.25. The molecule has 1 atom stereocenters. The van der Waals surface area contributed by atoms with Gasteiger partial charge in [0, 0.05) is 0 Å². The van der Waals surface area contributed by atoms with Crippen molar-refractivity contribution in [3.05, 3.63) is 11.6 Å². The van der Waals surface area contributed by atoms with Gasteiger partial charge in [0.15, 0.2) is 0 Å². The maximum absolute atomic E-state index is 10.9. The molecule has 0 aromatic carbocycles. The Morgan fingerprint density at radius 1 is 1.50 bits per heavy atom. The lowest BCUT2D eigenvalue weighted by molar-refractivity contribution is -0.140. The first-order chi connectivity index (χ1) is 7.61. The predicted octanol–water partition coefficient (Wildman–Crippen LogP) is 2.58. The molecule has 0 amide bonds. The molecular formula is C13H23NO2. The second kappa shape index (κ2) is 6.69. The Labute approximate surface area is 97.9 Å². The molecule has 1 aliphatic rings. The molecule has 1 rings (SSSR count). The van der Waals surface area contributed by atoms with E-state index in [1.165, 1.54) is 31.3 Å². The summed E-state index contributed by atoms with van der Waals surface area (Å²) in [6.45, 7) is 4.65. The third-order valence-electron chi connectivity index (χ3n) is 3.13. The van der Waals surface area contributed by atoms with Crippen LogP contribution in [0.3, 0.4) is 0 Å². The highest BCUT2D eigenvalue weighted by molar-refractivity contribution is 5.73. The molecule has 0 aromatic rings. The third kappa shape index (κ3) is 4.35. The van der Waals surface area contributed by atoms with E-state index in [2.05, 4.69) is 11.4 Å². The van der Waals surface area contributed by atoms with E-state index >= 15 is 0 Å². The van der Waals surface area contributed by atoms with Gasteiger partial charge in [0.1, 0.15) is 6.04 Å².